The van der Waals surface area contributed by atoms with Crippen molar-refractivity contribution in [3.8, 4) is 0 Å². The summed E-state index contributed by atoms with van der Waals surface area (Å²) in [6, 6.07) is 0. The molecule has 0 aliphatic rings. The Morgan fingerprint density at radius 3 is 2.88 bits per heavy atom. The maximum absolute atomic E-state index is 11.3. The maximum Gasteiger partial charge on any atom is 0.239 e. The van der Waals surface area contributed by atoms with Crippen LogP contribution in [0.5, 0.6) is 0 Å². The number of carbonyl (C=O) groups is 1. The number of anilines is 1. The summed E-state index contributed by atoms with van der Waals surface area (Å²) in [5.74, 6) is 0.537. The number of nitrogens with zero attached hydrogens (tertiary/aromatic N) is 3. The lowest BCUT2D eigenvalue weighted by molar-refractivity contribution is -0.119. The van der Waals surface area contributed by atoms with Gasteiger partial charge in [-0.15, -0.1) is 0 Å². The number of nitrogens with one attached hydrogen (secondary N) is 1. The van der Waals surface area contributed by atoms with Gasteiger partial charge in [-0.2, -0.15) is 0 Å². The molecule has 1 N–H and O–H groups in total. The van der Waals surface area contributed by atoms with E-state index < -0.39 is 0 Å². The molecule has 0 radical (unpaired) electrons. The fraction of sp³-hybridized carbons (Fsp3) is 0.444. The number of halogens is 2. The zero-order valence-electron chi connectivity index (χ0n) is 9.00. The van der Waals surface area contributed by atoms with Crippen molar-refractivity contribution in [1.29, 1.82) is 0 Å². The second-order valence-corrected chi connectivity index (χ2v) is 4.14. The van der Waals surface area contributed by atoms with Crippen LogP contribution < -0.4 is 10.2 Å². The topological polar surface area (TPSA) is 58.1 Å². The Morgan fingerprint density at radius 2 is 2.31 bits per heavy atom. The SMILES string of the molecule is CCN(CC(=O)NC)c1ncnc(Cl)c1Br. The number of hydrogen-bond donors (Lipinski definition) is 1. The Hall–Kier alpha value is -0.880. The molecule has 88 valence electrons. The lowest BCUT2D eigenvalue weighted by Crippen LogP contribution is -2.36. The molecule has 0 fully saturated rings. The fourth-order valence-electron chi connectivity index (χ4n) is 1.15. The van der Waals surface area contributed by atoms with Crippen LogP contribution in [0.15, 0.2) is 10.8 Å². The average Bonchev–Trinajstić information content (AvgIpc) is 2.29. The molecule has 0 saturated carbocycles. The van der Waals surface area contributed by atoms with E-state index in [2.05, 4.69) is 31.2 Å². The van der Waals surface area contributed by atoms with Gasteiger partial charge in [-0.25, -0.2) is 9.97 Å². The summed E-state index contributed by atoms with van der Waals surface area (Å²) < 4.78 is 0.599. The van der Waals surface area contributed by atoms with Gasteiger partial charge < -0.3 is 10.2 Å². The molecule has 5 nitrogen and oxygen atoms in total. The minimum atomic E-state index is -0.0801. The van der Waals surface area contributed by atoms with Gasteiger partial charge >= 0.3 is 0 Å². The standard InChI is InChI=1S/C9H12BrClN4O/c1-3-15(4-6(16)12-2)9-7(10)8(11)13-5-14-9/h5H,3-4H2,1-2H3,(H,12,16). The van der Waals surface area contributed by atoms with E-state index in [4.69, 9.17) is 11.6 Å². The Labute approximate surface area is 107 Å². The van der Waals surface area contributed by atoms with Gasteiger partial charge in [0.1, 0.15) is 17.3 Å². The molecule has 0 bridgehead atoms. The van der Waals surface area contributed by atoms with Gasteiger partial charge in [0.05, 0.1) is 11.0 Å². The Morgan fingerprint density at radius 1 is 1.62 bits per heavy atom. The number of rotatable bonds is 4. The lowest BCUT2D eigenvalue weighted by Gasteiger charge is -2.21. The molecule has 0 atom stereocenters. The van der Waals surface area contributed by atoms with E-state index in [0.29, 0.717) is 22.0 Å². The average molecular weight is 308 g/mol. The number of aromatic nitrogens is 2. The molecule has 0 unspecified atom stereocenters. The van der Waals surface area contributed by atoms with Crippen molar-refractivity contribution >= 4 is 39.3 Å². The third kappa shape index (κ3) is 3.05. The fourth-order valence-corrected chi connectivity index (χ4v) is 1.73. The summed E-state index contributed by atoms with van der Waals surface area (Å²) in [6.07, 6.45) is 1.37. The predicted molar refractivity (Wildman–Crippen MR) is 66.7 cm³/mol. The number of amides is 1. The third-order valence-corrected chi connectivity index (χ3v) is 3.27. The molecule has 0 spiro atoms. The van der Waals surface area contributed by atoms with E-state index >= 15 is 0 Å². The van der Waals surface area contributed by atoms with Gasteiger partial charge in [-0.3, -0.25) is 4.79 Å². The molecule has 1 amide bonds. The molecule has 0 aromatic carbocycles. The predicted octanol–water partition coefficient (Wildman–Crippen LogP) is 1.46. The highest BCUT2D eigenvalue weighted by atomic mass is 79.9. The summed E-state index contributed by atoms with van der Waals surface area (Å²) in [5.41, 5.74) is 0. The van der Waals surface area contributed by atoms with Gasteiger partial charge in [-0.1, -0.05) is 11.6 Å². The summed E-state index contributed by atoms with van der Waals surface area (Å²) in [4.78, 5) is 21.0. The molecule has 1 rings (SSSR count). The summed E-state index contributed by atoms with van der Waals surface area (Å²) >= 11 is 9.16. The molecular weight excluding hydrogens is 295 g/mol. The molecule has 1 aromatic heterocycles. The molecule has 1 heterocycles. The van der Waals surface area contributed by atoms with Crippen LogP contribution in [0.4, 0.5) is 5.82 Å². The van der Waals surface area contributed by atoms with Gasteiger partial charge in [-0.05, 0) is 22.9 Å². The van der Waals surface area contributed by atoms with Crippen molar-refractivity contribution in [2.24, 2.45) is 0 Å². The van der Waals surface area contributed by atoms with Crippen molar-refractivity contribution in [3.63, 3.8) is 0 Å². The number of likely N-dealkylation sites (N-methyl/N-ethyl adjacent to an activating group) is 2. The van der Waals surface area contributed by atoms with Gasteiger partial charge in [0.2, 0.25) is 5.91 Å². The summed E-state index contributed by atoms with van der Waals surface area (Å²) in [5, 5.41) is 2.89. The number of carbonyl (C=O) groups excluding carboxylic acids is 1. The normalized spacial score (nSPS) is 10.0. The van der Waals surface area contributed by atoms with Crippen LogP contribution in [0.3, 0.4) is 0 Å². The molecule has 0 aliphatic carbocycles. The molecule has 0 aliphatic heterocycles. The second kappa shape index (κ2) is 6.00. The Balaban J connectivity index is 2.95. The van der Waals surface area contributed by atoms with E-state index in [0.717, 1.165) is 0 Å². The minimum Gasteiger partial charge on any atom is -0.358 e. The smallest absolute Gasteiger partial charge is 0.239 e. The van der Waals surface area contributed by atoms with Crippen LogP contribution in [0.25, 0.3) is 0 Å². The van der Waals surface area contributed by atoms with E-state index in [9.17, 15) is 4.79 Å². The first-order chi connectivity index (χ1) is 7.60. The first-order valence-corrected chi connectivity index (χ1v) is 5.88. The van der Waals surface area contributed by atoms with Crippen molar-refractivity contribution in [2.45, 2.75) is 6.92 Å². The van der Waals surface area contributed by atoms with Crippen LogP contribution in [0.1, 0.15) is 6.92 Å². The molecule has 16 heavy (non-hydrogen) atoms. The highest BCUT2D eigenvalue weighted by molar-refractivity contribution is 9.10. The largest absolute Gasteiger partial charge is 0.358 e. The van der Waals surface area contributed by atoms with Gasteiger partial charge in [0.15, 0.2) is 0 Å². The van der Waals surface area contributed by atoms with Crippen molar-refractivity contribution in [2.75, 3.05) is 25.0 Å². The number of hydrogen-bond acceptors (Lipinski definition) is 4. The van der Waals surface area contributed by atoms with Crippen LogP contribution in [-0.2, 0) is 4.79 Å². The van der Waals surface area contributed by atoms with Gasteiger partial charge in [0.25, 0.3) is 0 Å². The molecule has 7 heteroatoms. The summed E-state index contributed by atoms with van der Waals surface area (Å²) in [7, 11) is 1.60. The van der Waals surface area contributed by atoms with E-state index in [1.165, 1.54) is 6.33 Å². The highest BCUT2D eigenvalue weighted by Crippen LogP contribution is 2.28. The quantitative estimate of drug-likeness (QED) is 0.856. The molecule has 0 saturated heterocycles. The minimum absolute atomic E-state index is 0.0801. The maximum atomic E-state index is 11.3. The van der Waals surface area contributed by atoms with Crippen molar-refractivity contribution < 1.29 is 4.79 Å². The van der Waals surface area contributed by atoms with Crippen LogP contribution in [0, 0.1) is 0 Å². The van der Waals surface area contributed by atoms with Gasteiger partial charge in [0, 0.05) is 13.6 Å². The van der Waals surface area contributed by atoms with E-state index in [-0.39, 0.29) is 12.5 Å². The lowest BCUT2D eigenvalue weighted by atomic mass is 10.4. The molecule has 1 aromatic rings. The summed E-state index contributed by atoms with van der Waals surface area (Å²) in [6.45, 7) is 2.82. The van der Waals surface area contributed by atoms with E-state index in [1.807, 2.05) is 6.92 Å². The third-order valence-electron chi connectivity index (χ3n) is 2.02. The first-order valence-electron chi connectivity index (χ1n) is 4.71. The van der Waals surface area contributed by atoms with Crippen LogP contribution in [-0.4, -0.2) is 36.0 Å². The Bertz CT molecular complexity index is 388. The second-order valence-electron chi connectivity index (χ2n) is 2.99. The molecular formula is C9H12BrClN4O. The van der Waals surface area contributed by atoms with Crippen LogP contribution >= 0.6 is 27.5 Å². The zero-order chi connectivity index (χ0) is 12.1. The Kier molecular flexibility index (Phi) is 4.95. The van der Waals surface area contributed by atoms with E-state index in [1.54, 1.807) is 11.9 Å². The highest BCUT2D eigenvalue weighted by Gasteiger charge is 2.15. The van der Waals surface area contributed by atoms with Crippen LogP contribution in [0.2, 0.25) is 5.15 Å². The van der Waals surface area contributed by atoms with Crippen molar-refractivity contribution in [1.82, 2.24) is 15.3 Å². The zero-order valence-corrected chi connectivity index (χ0v) is 11.3. The first kappa shape index (κ1) is 13.2. The monoisotopic (exact) mass is 306 g/mol. The van der Waals surface area contributed by atoms with Crippen molar-refractivity contribution in [3.05, 3.63) is 16.0 Å².